The van der Waals surface area contributed by atoms with Crippen LogP contribution in [-0.2, 0) is 0 Å². The fourth-order valence-electron chi connectivity index (χ4n) is 2.53. The van der Waals surface area contributed by atoms with Crippen LogP contribution in [0.15, 0.2) is 18.2 Å². The lowest BCUT2D eigenvalue weighted by Gasteiger charge is -2.09. The van der Waals surface area contributed by atoms with E-state index in [0.29, 0.717) is 5.69 Å². The van der Waals surface area contributed by atoms with E-state index in [1.807, 2.05) is 0 Å². The van der Waals surface area contributed by atoms with Gasteiger partial charge < -0.3 is 5.32 Å². The molecule has 0 atom stereocenters. The zero-order valence-corrected chi connectivity index (χ0v) is 11.7. The Morgan fingerprint density at radius 3 is 2.28 bits per heavy atom. The highest BCUT2D eigenvalue weighted by Crippen LogP contribution is 2.64. The Labute approximate surface area is 111 Å². The molecule has 0 radical (unpaired) electrons. The lowest BCUT2D eigenvalue weighted by atomic mass is 10.0. The standard InChI is InChI=1S/C13H17ClN2O2/c1-12(2)11(13(12,3)4)15-9-7-5-6-8(14)10(9)16(17)18/h5-7,11,15H,1-4H3. The van der Waals surface area contributed by atoms with Crippen LogP contribution in [-0.4, -0.2) is 11.0 Å². The molecule has 1 fully saturated rings. The van der Waals surface area contributed by atoms with Crippen molar-refractivity contribution >= 4 is 23.0 Å². The summed E-state index contributed by atoms with van der Waals surface area (Å²) in [6.45, 7) is 8.62. The Bertz CT molecular complexity index is 498. The molecule has 1 aliphatic carbocycles. The molecule has 1 aromatic rings. The second-order valence-electron chi connectivity index (χ2n) is 5.91. The lowest BCUT2D eigenvalue weighted by Crippen LogP contribution is -2.11. The van der Waals surface area contributed by atoms with Gasteiger partial charge in [-0.15, -0.1) is 0 Å². The van der Waals surface area contributed by atoms with Crippen molar-refractivity contribution in [2.24, 2.45) is 10.8 Å². The predicted molar refractivity (Wildman–Crippen MR) is 73.1 cm³/mol. The molecule has 4 nitrogen and oxygen atoms in total. The first-order valence-corrected chi connectivity index (χ1v) is 6.27. The molecular weight excluding hydrogens is 252 g/mol. The molecule has 1 saturated carbocycles. The summed E-state index contributed by atoms with van der Waals surface area (Å²) >= 11 is 5.89. The van der Waals surface area contributed by atoms with E-state index in [-0.39, 0.29) is 27.6 Å². The van der Waals surface area contributed by atoms with Gasteiger partial charge in [0, 0.05) is 6.04 Å². The molecule has 1 aliphatic rings. The smallest absolute Gasteiger partial charge is 0.310 e. The zero-order chi connectivity index (χ0) is 13.7. The fraction of sp³-hybridized carbons (Fsp3) is 0.538. The molecule has 5 heteroatoms. The molecule has 0 aromatic heterocycles. The van der Waals surface area contributed by atoms with Gasteiger partial charge in [-0.2, -0.15) is 0 Å². The quantitative estimate of drug-likeness (QED) is 0.663. The number of nitro benzene ring substituents is 1. The number of halogens is 1. The van der Waals surface area contributed by atoms with Crippen LogP contribution in [0.4, 0.5) is 11.4 Å². The van der Waals surface area contributed by atoms with Crippen molar-refractivity contribution < 1.29 is 4.92 Å². The minimum atomic E-state index is -0.437. The average molecular weight is 269 g/mol. The van der Waals surface area contributed by atoms with Crippen molar-refractivity contribution in [3.63, 3.8) is 0 Å². The predicted octanol–water partition coefficient (Wildman–Crippen LogP) is 4.09. The summed E-state index contributed by atoms with van der Waals surface area (Å²) in [5, 5.41) is 14.5. The van der Waals surface area contributed by atoms with Gasteiger partial charge in [0.1, 0.15) is 10.7 Å². The molecular formula is C13H17ClN2O2. The van der Waals surface area contributed by atoms with Crippen LogP contribution in [0, 0.1) is 20.9 Å². The van der Waals surface area contributed by atoms with E-state index < -0.39 is 4.92 Å². The number of hydrogen-bond donors (Lipinski definition) is 1. The average Bonchev–Trinajstić information content (AvgIpc) is 2.60. The number of hydrogen-bond acceptors (Lipinski definition) is 3. The molecule has 0 unspecified atom stereocenters. The molecule has 98 valence electrons. The third-order valence-electron chi connectivity index (χ3n) is 4.49. The molecule has 1 N–H and O–H groups in total. The number of nitro groups is 1. The molecule has 18 heavy (non-hydrogen) atoms. The summed E-state index contributed by atoms with van der Waals surface area (Å²) < 4.78 is 0. The normalized spacial score (nSPS) is 20.5. The van der Waals surface area contributed by atoms with E-state index in [4.69, 9.17) is 11.6 Å². The second kappa shape index (κ2) is 3.85. The first-order chi connectivity index (χ1) is 8.19. The Morgan fingerprint density at radius 2 is 1.83 bits per heavy atom. The van der Waals surface area contributed by atoms with Crippen molar-refractivity contribution in [1.29, 1.82) is 0 Å². The molecule has 0 amide bonds. The van der Waals surface area contributed by atoms with Crippen molar-refractivity contribution in [1.82, 2.24) is 0 Å². The Balaban J connectivity index is 2.32. The summed E-state index contributed by atoms with van der Waals surface area (Å²) in [6, 6.07) is 5.17. The van der Waals surface area contributed by atoms with Crippen LogP contribution in [0.1, 0.15) is 27.7 Å². The summed E-state index contributed by atoms with van der Waals surface area (Å²) in [6.07, 6.45) is 0. The molecule has 1 aromatic carbocycles. The Kier molecular flexibility index (Phi) is 2.81. The minimum Gasteiger partial charge on any atom is -0.376 e. The zero-order valence-electron chi connectivity index (χ0n) is 11.0. The first kappa shape index (κ1) is 13.1. The van der Waals surface area contributed by atoms with Gasteiger partial charge in [-0.3, -0.25) is 10.1 Å². The number of benzene rings is 1. The van der Waals surface area contributed by atoms with Gasteiger partial charge in [-0.25, -0.2) is 0 Å². The topological polar surface area (TPSA) is 55.2 Å². The third-order valence-corrected chi connectivity index (χ3v) is 4.79. The van der Waals surface area contributed by atoms with E-state index in [1.165, 1.54) is 6.07 Å². The van der Waals surface area contributed by atoms with Gasteiger partial charge in [0.25, 0.3) is 0 Å². The summed E-state index contributed by atoms with van der Waals surface area (Å²) in [5.41, 5.74) is 0.681. The number of para-hydroxylation sites is 1. The molecule has 2 rings (SSSR count). The van der Waals surface area contributed by atoms with Crippen molar-refractivity contribution in [3.05, 3.63) is 33.3 Å². The molecule has 0 saturated heterocycles. The van der Waals surface area contributed by atoms with Crippen LogP contribution in [0.2, 0.25) is 5.02 Å². The van der Waals surface area contributed by atoms with E-state index in [9.17, 15) is 10.1 Å². The third kappa shape index (κ3) is 1.75. The van der Waals surface area contributed by atoms with Crippen molar-refractivity contribution in [3.8, 4) is 0 Å². The summed E-state index contributed by atoms with van der Waals surface area (Å²) in [7, 11) is 0. The maximum atomic E-state index is 11.0. The number of rotatable bonds is 3. The van der Waals surface area contributed by atoms with E-state index in [0.717, 1.165) is 0 Å². The second-order valence-corrected chi connectivity index (χ2v) is 6.32. The Morgan fingerprint density at radius 1 is 1.28 bits per heavy atom. The highest BCUT2D eigenvalue weighted by Gasteiger charge is 2.65. The lowest BCUT2D eigenvalue weighted by molar-refractivity contribution is -0.383. The van der Waals surface area contributed by atoms with Gasteiger partial charge in [0.05, 0.1) is 4.92 Å². The molecule has 0 aliphatic heterocycles. The fourth-order valence-corrected chi connectivity index (χ4v) is 2.77. The van der Waals surface area contributed by atoms with E-state index in [2.05, 4.69) is 33.0 Å². The van der Waals surface area contributed by atoms with Crippen LogP contribution < -0.4 is 5.32 Å². The number of nitrogens with one attached hydrogen (secondary N) is 1. The van der Waals surface area contributed by atoms with Crippen LogP contribution in [0.5, 0.6) is 0 Å². The van der Waals surface area contributed by atoms with Crippen molar-refractivity contribution in [2.45, 2.75) is 33.7 Å². The van der Waals surface area contributed by atoms with E-state index in [1.54, 1.807) is 12.1 Å². The van der Waals surface area contributed by atoms with Gasteiger partial charge >= 0.3 is 5.69 Å². The van der Waals surface area contributed by atoms with Crippen LogP contribution >= 0.6 is 11.6 Å². The number of anilines is 1. The molecule has 0 heterocycles. The largest absolute Gasteiger partial charge is 0.376 e. The number of nitrogens with zero attached hydrogens (tertiary/aromatic N) is 1. The Hall–Kier alpha value is -1.29. The van der Waals surface area contributed by atoms with Gasteiger partial charge in [-0.1, -0.05) is 45.4 Å². The highest BCUT2D eigenvalue weighted by atomic mass is 35.5. The van der Waals surface area contributed by atoms with Crippen LogP contribution in [0.3, 0.4) is 0 Å². The van der Waals surface area contributed by atoms with Gasteiger partial charge in [0.2, 0.25) is 0 Å². The summed E-state index contributed by atoms with van der Waals surface area (Å²) in [4.78, 5) is 10.6. The van der Waals surface area contributed by atoms with Gasteiger partial charge in [-0.05, 0) is 23.0 Å². The summed E-state index contributed by atoms with van der Waals surface area (Å²) in [5.74, 6) is 0. The SMILES string of the molecule is CC1(C)C(Nc2cccc(Cl)c2[N+](=O)[O-])C1(C)C. The minimum absolute atomic E-state index is 0.0438. The van der Waals surface area contributed by atoms with Gasteiger partial charge in [0.15, 0.2) is 0 Å². The highest BCUT2D eigenvalue weighted by molar-refractivity contribution is 6.33. The van der Waals surface area contributed by atoms with Crippen LogP contribution in [0.25, 0.3) is 0 Å². The van der Waals surface area contributed by atoms with Crippen molar-refractivity contribution in [2.75, 3.05) is 5.32 Å². The maximum absolute atomic E-state index is 11.0. The van der Waals surface area contributed by atoms with E-state index >= 15 is 0 Å². The first-order valence-electron chi connectivity index (χ1n) is 5.89. The monoisotopic (exact) mass is 268 g/mol. The maximum Gasteiger partial charge on any atom is 0.310 e. The molecule has 0 spiro atoms. The molecule has 0 bridgehead atoms.